The van der Waals surface area contributed by atoms with E-state index < -0.39 is 0 Å². The molecule has 0 aliphatic rings. The van der Waals surface area contributed by atoms with Crippen LogP contribution in [0.25, 0.3) is 11.1 Å². The standard InChI is InChI=1S/C16H17Cl/c1-11-5-7-15(8-13(11)3)16-9-14(10-17)6-4-12(16)2/h4-9H,10H2,1-3H3. The van der Waals surface area contributed by atoms with E-state index in [-0.39, 0.29) is 0 Å². The van der Waals surface area contributed by atoms with Crippen LogP contribution in [0.5, 0.6) is 0 Å². The van der Waals surface area contributed by atoms with Gasteiger partial charge in [0.15, 0.2) is 0 Å². The van der Waals surface area contributed by atoms with Crippen molar-refractivity contribution >= 4 is 11.6 Å². The second-order valence-electron chi connectivity index (χ2n) is 4.58. The number of hydrogen-bond acceptors (Lipinski definition) is 0. The first-order valence-corrected chi connectivity index (χ1v) is 6.38. The van der Waals surface area contributed by atoms with Gasteiger partial charge in [0.25, 0.3) is 0 Å². The number of benzene rings is 2. The minimum atomic E-state index is 0.568. The maximum absolute atomic E-state index is 5.90. The summed E-state index contributed by atoms with van der Waals surface area (Å²) in [6, 6.07) is 13.0. The Morgan fingerprint density at radius 3 is 2.18 bits per heavy atom. The molecule has 0 amide bonds. The molecule has 0 aliphatic heterocycles. The van der Waals surface area contributed by atoms with E-state index in [0.717, 1.165) is 0 Å². The van der Waals surface area contributed by atoms with Crippen LogP contribution in [-0.4, -0.2) is 0 Å². The lowest BCUT2D eigenvalue weighted by Gasteiger charge is -2.10. The first kappa shape index (κ1) is 12.2. The van der Waals surface area contributed by atoms with Crippen molar-refractivity contribution < 1.29 is 0 Å². The summed E-state index contributed by atoms with van der Waals surface area (Å²) in [5.74, 6) is 0.568. The van der Waals surface area contributed by atoms with Gasteiger partial charge in [-0.3, -0.25) is 0 Å². The Kier molecular flexibility index (Phi) is 3.54. The number of alkyl halides is 1. The lowest BCUT2D eigenvalue weighted by molar-refractivity contribution is 1.32. The van der Waals surface area contributed by atoms with Crippen LogP contribution in [0.2, 0.25) is 0 Å². The van der Waals surface area contributed by atoms with E-state index in [2.05, 4.69) is 57.2 Å². The van der Waals surface area contributed by atoms with Crippen molar-refractivity contribution in [2.24, 2.45) is 0 Å². The average molecular weight is 245 g/mol. The molecule has 0 fully saturated rings. The number of aryl methyl sites for hydroxylation is 3. The molecule has 0 spiro atoms. The molecule has 0 radical (unpaired) electrons. The van der Waals surface area contributed by atoms with Gasteiger partial charge in [0.1, 0.15) is 0 Å². The second kappa shape index (κ2) is 4.93. The molecule has 0 atom stereocenters. The molecule has 2 rings (SSSR count). The van der Waals surface area contributed by atoms with Crippen molar-refractivity contribution in [3.05, 3.63) is 58.7 Å². The summed E-state index contributed by atoms with van der Waals surface area (Å²) in [6.07, 6.45) is 0. The topological polar surface area (TPSA) is 0 Å². The van der Waals surface area contributed by atoms with Gasteiger partial charge in [-0.05, 0) is 60.2 Å². The van der Waals surface area contributed by atoms with Gasteiger partial charge < -0.3 is 0 Å². The molecule has 2 aromatic rings. The zero-order valence-corrected chi connectivity index (χ0v) is 11.3. The first-order valence-electron chi connectivity index (χ1n) is 5.85. The van der Waals surface area contributed by atoms with E-state index >= 15 is 0 Å². The van der Waals surface area contributed by atoms with Gasteiger partial charge in [-0.1, -0.05) is 30.3 Å². The van der Waals surface area contributed by atoms with Gasteiger partial charge in [-0.2, -0.15) is 0 Å². The summed E-state index contributed by atoms with van der Waals surface area (Å²) in [5.41, 5.74) is 7.69. The van der Waals surface area contributed by atoms with Crippen molar-refractivity contribution in [1.29, 1.82) is 0 Å². The fourth-order valence-corrected chi connectivity index (χ4v) is 2.14. The molecule has 0 heterocycles. The van der Waals surface area contributed by atoms with Gasteiger partial charge in [0.2, 0.25) is 0 Å². The minimum absolute atomic E-state index is 0.568. The Morgan fingerprint density at radius 1 is 0.824 bits per heavy atom. The first-order chi connectivity index (χ1) is 8.11. The Hall–Kier alpha value is -1.27. The third-order valence-corrected chi connectivity index (χ3v) is 3.58. The maximum Gasteiger partial charge on any atom is 0.0474 e. The van der Waals surface area contributed by atoms with Gasteiger partial charge >= 0.3 is 0 Å². The third kappa shape index (κ3) is 2.53. The molecule has 2 aromatic carbocycles. The predicted molar refractivity (Wildman–Crippen MR) is 75.6 cm³/mol. The van der Waals surface area contributed by atoms with Crippen molar-refractivity contribution in [2.45, 2.75) is 26.7 Å². The van der Waals surface area contributed by atoms with E-state index in [1.54, 1.807) is 0 Å². The van der Waals surface area contributed by atoms with E-state index in [1.165, 1.54) is 33.4 Å². The van der Waals surface area contributed by atoms with Crippen molar-refractivity contribution in [2.75, 3.05) is 0 Å². The lowest BCUT2D eigenvalue weighted by atomic mass is 9.96. The number of halogens is 1. The minimum Gasteiger partial charge on any atom is -0.122 e. The molecule has 0 N–H and O–H groups in total. The van der Waals surface area contributed by atoms with Crippen molar-refractivity contribution in [3.63, 3.8) is 0 Å². The highest BCUT2D eigenvalue weighted by atomic mass is 35.5. The van der Waals surface area contributed by atoms with Crippen LogP contribution in [0.15, 0.2) is 36.4 Å². The van der Waals surface area contributed by atoms with Crippen LogP contribution in [-0.2, 0) is 5.88 Å². The zero-order valence-electron chi connectivity index (χ0n) is 10.5. The van der Waals surface area contributed by atoms with Crippen LogP contribution in [0, 0.1) is 20.8 Å². The lowest BCUT2D eigenvalue weighted by Crippen LogP contribution is -1.88. The molecule has 0 bridgehead atoms. The Bertz CT molecular complexity index is 541. The quantitative estimate of drug-likeness (QED) is 0.651. The van der Waals surface area contributed by atoms with Gasteiger partial charge in [-0.25, -0.2) is 0 Å². The van der Waals surface area contributed by atoms with Gasteiger partial charge in [0, 0.05) is 5.88 Å². The van der Waals surface area contributed by atoms with Gasteiger partial charge in [0.05, 0.1) is 0 Å². The molecule has 17 heavy (non-hydrogen) atoms. The van der Waals surface area contributed by atoms with Gasteiger partial charge in [-0.15, -0.1) is 11.6 Å². The predicted octanol–water partition coefficient (Wildman–Crippen LogP) is 5.02. The Labute approximate surface area is 108 Å². The fraction of sp³-hybridized carbons (Fsp3) is 0.250. The molecule has 0 aromatic heterocycles. The molecular formula is C16H17Cl. The van der Waals surface area contributed by atoms with E-state index in [0.29, 0.717) is 5.88 Å². The van der Waals surface area contributed by atoms with Crippen LogP contribution < -0.4 is 0 Å². The summed E-state index contributed by atoms with van der Waals surface area (Å²) in [7, 11) is 0. The highest BCUT2D eigenvalue weighted by Crippen LogP contribution is 2.26. The molecule has 0 saturated carbocycles. The molecule has 88 valence electrons. The number of rotatable bonds is 2. The highest BCUT2D eigenvalue weighted by molar-refractivity contribution is 6.17. The van der Waals surface area contributed by atoms with Crippen molar-refractivity contribution in [3.8, 4) is 11.1 Å². The molecule has 0 aliphatic carbocycles. The Morgan fingerprint density at radius 2 is 1.53 bits per heavy atom. The van der Waals surface area contributed by atoms with Crippen LogP contribution in [0.3, 0.4) is 0 Å². The SMILES string of the molecule is Cc1ccc(-c2cc(CCl)ccc2C)cc1C. The maximum atomic E-state index is 5.90. The van der Waals surface area contributed by atoms with Crippen LogP contribution >= 0.6 is 11.6 Å². The summed E-state index contributed by atoms with van der Waals surface area (Å²) < 4.78 is 0. The van der Waals surface area contributed by atoms with E-state index in [1.807, 2.05) is 0 Å². The molecule has 1 heteroatoms. The number of hydrogen-bond donors (Lipinski definition) is 0. The Balaban J connectivity index is 2.55. The second-order valence-corrected chi connectivity index (χ2v) is 4.85. The third-order valence-electron chi connectivity index (χ3n) is 3.27. The smallest absolute Gasteiger partial charge is 0.0474 e. The fourth-order valence-electron chi connectivity index (χ4n) is 1.97. The molecule has 0 saturated heterocycles. The zero-order chi connectivity index (χ0) is 12.4. The molecular weight excluding hydrogens is 228 g/mol. The summed E-state index contributed by atoms with van der Waals surface area (Å²) in [6.45, 7) is 6.43. The summed E-state index contributed by atoms with van der Waals surface area (Å²) >= 11 is 5.90. The van der Waals surface area contributed by atoms with Crippen molar-refractivity contribution in [1.82, 2.24) is 0 Å². The summed E-state index contributed by atoms with van der Waals surface area (Å²) in [4.78, 5) is 0. The van der Waals surface area contributed by atoms with E-state index in [4.69, 9.17) is 11.6 Å². The molecule has 0 nitrogen and oxygen atoms in total. The normalized spacial score (nSPS) is 10.6. The van der Waals surface area contributed by atoms with Crippen LogP contribution in [0.4, 0.5) is 0 Å². The summed E-state index contributed by atoms with van der Waals surface area (Å²) in [5, 5.41) is 0. The highest BCUT2D eigenvalue weighted by Gasteiger charge is 2.04. The monoisotopic (exact) mass is 244 g/mol. The largest absolute Gasteiger partial charge is 0.122 e. The average Bonchev–Trinajstić information content (AvgIpc) is 2.33. The molecule has 0 unspecified atom stereocenters. The van der Waals surface area contributed by atoms with E-state index in [9.17, 15) is 0 Å². The van der Waals surface area contributed by atoms with Crippen LogP contribution in [0.1, 0.15) is 22.3 Å².